The predicted molar refractivity (Wildman–Crippen MR) is 107 cm³/mol. The number of ketones is 1. The number of urea groups is 1. The number of nitrogens with one attached hydrogen (secondary N) is 2. The number of methoxy groups -OCH3 is 1. The van der Waals surface area contributed by atoms with E-state index in [9.17, 15) is 18.4 Å². The highest BCUT2D eigenvalue weighted by Crippen LogP contribution is 2.45. The zero-order valence-electron chi connectivity index (χ0n) is 16.9. The van der Waals surface area contributed by atoms with Crippen LogP contribution in [0.25, 0.3) is 0 Å². The minimum absolute atomic E-state index is 0.0640. The number of rotatable bonds is 5. The van der Waals surface area contributed by atoms with E-state index in [1.54, 1.807) is 0 Å². The second kappa shape index (κ2) is 7.70. The van der Waals surface area contributed by atoms with Gasteiger partial charge in [0.05, 0.1) is 18.7 Å². The third-order valence-electron chi connectivity index (χ3n) is 6.10. The molecule has 0 aliphatic heterocycles. The second-order valence-corrected chi connectivity index (χ2v) is 8.14. The average Bonchev–Trinajstić information content (AvgIpc) is 3.40. The molecule has 158 valence electrons. The fourth-order valence-corrected chi connectivity index (χ4v) is 4.25. The number of carbonyl (C=O) groups is 2. The number of benzene rings is 2. The average molecular weight is 414 g/mol. The highest BCUT2D eigenvalue weighted by molar-refractivity contribution is 5.91. The first-order chi connectivity index (χ1) is 14.3. The fourth-order valence-electron chi connectivity index (χ4n) is 4.25. The smallest absolute Gasteiger partial charge is 0.316 e. The van der Waals surface area contributed by atoms with Crippen molar-refractivity contribution in [1.29, 1.82) is 0 Å². The van der Waals surface area contributed by atoms with E-state index in [1.165, 1.54) is 7.11 Å². The summed E-state index contributed by atoms with van der Waals surface area (Å²) < 4.78 is 34.0. The summed E-state index contributed by atoms with van der Waals surface area (Å²) in [6, 6.07) is 8.64. The van der Waals surface area contributed by atoms with Crippen LogP contribution in [0, 0.1) is 18.6 Å². The van der Waals surface area contributed by atoms with E-state index in [0.29, 0.717) is 0 Å². The molecule has 0 bridgehead atoms. The highest BCUT2D eigenvalue weighted by Gasteiger charge is 2.47. The van der Waals surface area contributed by atoms with E-state index in [-0.39, 0.29) is 29.9 Å². The van der Waals surface area contributed by atoms with Gasteiger partial charge < -0.3 is 15.4 Å². The Morgan fingerprint density at radius 3 is 2.33 bits per heavy atom. The molecular formula is C23H24F2N2O3. The zero-order chi connectivity index (χ0) is 21.5. The van der Waals surface area contributed by atoms with Crippen LogP contribution in [-0.2, 0) is 10.3 Å². The Hall–Kier alpha value is -2.96. The normalized spacial score (nSPS) is 21.9. The van der Waals surface area contributed by atoms with Crippen molar-refractivity contribution < 1.29 is 23.1 Å². The third kappa shape index (κ3) is 3.76. The molecule has 2 atom stereocenters. The molecule has 2 aliphatic rings. The maximum absolute atomic E-state index is 14.6. The lowest BCUT2D eigenvalue weighted by molar-refractivity contribution is -0.119. The number of carbonyl (C=O) groups excluding carboxylic acids is 2. The molecule has 2 saturated carbocycles. The molecule has 0 aromatic heterocycles. The maximum atomic E-state index is 14.6. The van der Waals surface area contributed by atoms with Gasteiger partial charge in [0.2, 0.25) is 0 Å². The van der Waals surface area contributed by atoms with Crippen LogP contribution in [0.3, 0.4) is 0 Å². The molecular weight excluding hydrogens is 390 g/mol. The Balaban J connectivity index is 1.51. The van der Waals surface area contributed by atoms with Gasteiger partial charge in [0.15, 0.2) is 5.78 Å². The van der Waals surface area contributed by atoms with E-state index < -0.39 is 35.2 Å². The van der Waals surface area contributed by atoms with E-state index in [0.717, 1.165) is 36.1 Å². The predicted octanol–water partition coefficient (Wildman–Crippen LogP) is 4.09. The topological polar surface area (TPSA) is 67.4 Å². The lowest BCUT2D eigenvalue weighted by Crippen LogP contribution is -2.49. The van der Waals surface area contributed by atoms with E-state index in [2.05, 4.69) is 10.6 Å². The lowest BCUT2D eigenvalue weighted by Gasteiger charge is -2.24. The van der Waals surface area contributed by atoms with Gasteiger partial charge in [0.1, 0.15) is 17.4 Å². The second-order valence-electron chi connectivity index (χ2n) is 8.14. The standard InChI is InChI=1S/C23H24F2N2O3/c1-13-3-5-14(6-4-13)23(9-10-23)27-22(29)26-21-16(7-8-19(21)28)20-17(24)11-15(30-2)12-18(20)25/h3-6,11-12,16,21H,7-10H2,1-2H3,(H2,26,27,29)/t16-,21-/m0/s1. The van der Waals surface area contributed by atoms with Gasteiger partial charge in [0, 0.05) is 30.0 Å². The Labute approximate surface area is 173 Å². The number of hydrogen-bond acceptors (Lipinski definition) is 3. The molecule has 2 fully saturated rings. The van der Waals surface area contributed by atoms with Gasteiger partial charge in [-0.25, -0.2) is 13.6 Å². The van der Waals surface area contributed by atoms with Crippen LogP contribution in [-0.4, -0.2) is 25.0 Å². The van der Waals surface area contributed by atoms with Crippen molar-refractivity contribution in [3.8, 4) is 5.75 Å². The molecule has 0 radical (unpaired) electrons. The van der Waals surface area contributed by atoms with Gasteiger partial charge in [-0.3, -0.25) is 4.79 Å². The summed E-state index contributed by atoms with van der Waals surface area (Å²) in [7, 11) is 1.32. The number of aryl methyl sites for hydroxylation is 1. The molecule has 2 aromatic rings. The number of ether oxygens (including phenoxy) is 1. The van der Waals surface area contributed by atoms with Crippen molar-refractivity contribution in [2.45, 2.75) is 50.1 Å². The van der Waals surface area contributed by atoms with Crippen molar-refractivity contribution in [1.82, 2.24) is 10.6 Å². The number of amides is 2. The van der Waals surface area contributed by atoms with Gasteiger partial charge in [0.25, 0.3) is 0 Å². The van der Waals surface area contributed by atoms with E-state index in [4.69, 9.17) is 4.74 Å². The molecule has 30 heavy (non-hydrogen) atoms. The Kier molecular flexibility index (Phi) is 5.22. The van der Waals surface area contributed by atoms with Gasteiger partial charge in [-0.05, 0) is 31.7 Å². The third-order valence-corrected chi connectivity index (χ3v) is 6.10. The first-order valence-corrected chi connectivity index (χ1v) is 10.0. The monoisotopic (exact) mass is 414 g/mol. The van der Waals surface area contributed by atoms with Crippen LogP contribution in [0.4, 0.5) is 13.6 Å². The first kappa shape index (κ1) is 20.3. The van der Waals surface area contributed by atoms with Crippen LogP contribution < -0.4 is 15.4 Å². The Morgan fingerprint density at radius 2 is 1.77 bits per heavy atom. The van der Waals surface area contributed by atoms with Crippen LogP contribution in [0.1, 0.15) is 48.3 Å². The number of halogens is 2. The van der Waals surface area contributed by atoms with Crippen molar-refractivity contribution in [2.24, 2.45) is 0 Å². The summed E-state index contributed by atoms with van der Waals surface area (Å²) in [5, 5.41) is 5.63. The highest BCUT2D eigenvalue weighted by atomic mass is 19.1. The quantitative estimate of drug-likeness (QED) is 0.775. The minimum atomic E-state index is -0.976. The van der Waals surface area contributed by atoms with Crippen molar-refractivity contribution in [3.63, 3.8) is 0 Å². The van der Waals surface area contributed by atoms with Crippen LogP contribution in [0.2, 0.25) is 0 Å². The fraction of sp³-hybridized carbons (Fsp3) is 0.391. The minimum Gasteiger partial charge on any atom is -0.497 e. The zero-order valence-corrected chi connectivity index (χ0v) is 16.9. The van der Waals surface area contributed by atoms with Crippen LogP contribution >= 0.6 is 0 Å². The lowest BCUT2D eigenvalue weighted by atomic mass is 9.92. The number of Topliss-reactive ketones (excluding diaryl/α,β-unsaturated/α-hetero) is 1. The van der Waals surface area contributed by atoms with Crippen LogP contribution in [0.5, 0.6) is 5.75 Å². The van der Waals surface area contributed by atoms with Crippen molar-refractivity contribution in [2.75, 3.05) is 7.11 Å². The van der Waals surface area contributed by atoms with E-state index in [1.807, 2.05) is 31.2 Å². The van der Waals surface area contributed by atoms with Crippen LogP contribution in [0.15, 0.2) is 36.4 Å². The van der Waals surface area contributed by atoms with Gasteiger partial charge in [-0.15, -0.1) is 0 Å². The molecule has 2 amide bonds. The molecule has 0 heterocycles. The Morgan fingerprint density at radius 1 is 1.13 bits per heavy atom. The summed E-state index contributed by atoms with van der Waals surface area (Å²) in [4.78, 5) is 25.1. The summed E-state index contributed by atoms with van der Waals surface area (Å²) in [6.07, 6.45) is 2.02. The molecule has 2 aliphatic carbocycles. The molecule has 4 rings (SSSR count). The van der Waals surface area contributed by atoms with Gasteiger partial charge in [-0.2, -0.15) is 0 Å². The summed E-state index contributed by atoms with van der Waals surface area (Å²) in [6.45, 7) is 1.99. The molecule has 2 aromatic carbocycles. The summed E-state index contributed by atoms with van der Waals surface area (Å²) >= 11 is 0. The van der Waals surface area contributed by atoms with E-state index >= 15 is 0 Å². The molecule has 7 heteroatoms. The Bertz CT molecular complexity index is 963. The van der Waals surface area contributed by atoms with Crippen molar-refractivity contribution >= 4 is 11.8 Å². The SMILES string of the molecule is COc1cc(F)c([C@@H]2CCC(=O)[C@H]2NC(=O)NC2(c3ccc(C)cc3)CC2)c(F)c1. The first-order valence-electron chi connectivity index (χ1n) is 10.0. The van der Waals surface area contributed by atoms with Crippen molar-refractivity contribution in [3.05, 3.63) is 64.7 Å². The maximum Gasteiger partial charge on any atom is 0.316 e. The largest absolute Gasteiger partial charge is 0.497 e. The molecule has 0 saturated heterocycles. The molecule has 0 spiro atoms. The van der Waals surface area contributed by atoms with Gasteiger partial charge in [-0.1, -0.05) is 29.8 Å². The molecule has 0 unspecified atom stereocenters. The molecule has 2 N–H and O–H groups in total. The number of hydrogen-bond donors (Lipinski definition) is 2. The summed E-state index contributed by atoms with van der Waals surface area (Å²) in [5.74, 6) is -2.49. The van der Waals surface area contributed by atoms with Gasteiger partial charge >= 0.3 is 6.03 Å². The summed E-state index contributed by atoms with van der Waals surface area (Å²) in [5.41, 5.74) is 1.49. The molecule has 5 nitrogen and oxygen atoms in total.